The van der Waals surface area contributed by atoms with Gasteiger partial charge in [-0.1, -0.05) is 24.3 Å². The van der Waals surface area contributed by atoms with Crippen LogP contribution in [0.25, 0.3) is 10.4 Å². The van der Waals surface area contributed by atoms with Gasteiger partial charge < -0.3 is 8.85 Å². The average molecular weight is 251 g/mol. The Morgan fingerprint density at radius 3 is 2.24 bits per heavy atom. The van der Waals surface area contributed by atoms with Crippen molar-refractivity contribution in [2.45, 2.75) is 6.55 Å². The van der Waals surface area contributed by atoms with Crippen molar-refractivity contribution in [2.24, 2.45) is 5.11 Å². The SMILES string of the molecule is CO[Si](C)(OC)c1ccc(C(=O)N=[N+]=[N-])cc1. The number of hydrogen-bond donors (Lipinski definition) is 0. The van der Waals surface area contributed by atoms with E-state index in [1.54, 1.807) is 38.5 Å². The second-order valence-electron chi connectivity index (χ2n) is 3.43. The third-order valence-corrected chi connectivity index (χ3v) is 5.51. The molecule has 0 N–H and O–H groups in total. The van der Waals surface area contributed by atoms with Crippen LogP contribution < -0.4 is 5.19 Å². The Hall–Kier alpha value is -1.66. The minimum Gasteiger partial charge on any atom is -0.394 e. The van der Waals surface area contributed by atoms with Crippen molar-refractivity contribution < 1.29 is 13.6 Å². The predicted molar refractivity (Wildman–Crippen MR) is 65.2 cm³/mol. The van der Waals surface area contributed by atoms with E-state index in [2.05, 4.69) is 10.0 Å². The van der Waals surface area contributed by atoms with Crippen molar-refractivity contribution in [3.05, 3.63) is 40.3 Å². The third kappa shape index (κ3) is 2.92. The minimum atomic E-state index is -2.36. The van der Waals surface area contributed by atoms with E-state index in [-0.39, 0.29) is 0 Å². The van der Waals surface area contributed by atoms with Crippen LogP contribution in [0.15, 0.2) is 29.4 Å². The molecule has 0 saturated heterocycles. The van der Waals surface area contributed by atoms with Crippen LogP contribution in [-0.2, 0) is 8.85 Å². The summed E-state index contributed by atoms with van der Waals surface area (Å²) in [5, 5.41) is 3.92. The maximum atomic E-state index is 11.3. The number of rotatable bonds is 4. The van der Waals surface area contributed by atoms with Gasteiger partial charge in [0, 0.05) is 24.7 Å². The maximum absolute atomic E-state index is 11.3. The first-order valence-corrected chi connectivity index (χ1v) is 7.19. The van der Waals surface area contributed by atoms with Crippen LogP contribution in [-0.4, -0.2) is 28.7 Å². The van der Waals surface area contributed by atoms with Crippen LogP contribution in [0, 0.1) is 0 Å². The Balaban J connectivity index is 3.03. The van der Waals surface area contributed by atoms with Crippen molar-refractivity contribution in [2.75, 3.05) is 14.2 Å². The first-order valence-electron chi connectivity index (χ1n) is 4.87. The van der Waals surface area contributed by atoms with Crippen LogP contribution in [0.2, 0.25) is 6.55 Å². The third-order valence-electron chi connectivity index (χ3n) is 2.57. The first-order chi connectivity index (χ1) is 8.07. The molecule has 0 fully saturated rings. The fourth-order valence-corrected chi connectivity index (χ4v) is 2.74. The molecule has 0 atom stereocenters. The number of hydrogen-bond acceptors (Lipinski definition) is 3. The van der Waals surface area contributed by atoms with E-state index in [1.165, 1.54) is 0 Å². The number of carbonyl (C=O) groups excluding carboxylic acids is 1. The summed E-state index contributed by atoms with van der Waals surface area (Å²) in [4.78, 5) is 13.7. The van der Waals surface area contributed by atoms with Gasteiger partial charge in [0.05, 0.1) is 0 Å². The molecule has 1 amide bonds. The molecule has 0 radical (unpaired) electrons. The van der Waals surface area contributed by atoms with Crippen molar-refractivity contribution in [3.8, 4) is 0 Å². The van der Waals surface area contributed by atoms with Crippen LogP contribution in [0.4, 0.5) is 0 Å². The second kappa shape index (κ2) is 5.60. The Morgan fingerprint density at radius 2 is 1.82 bits per heavy atom. The molecular formula is C10H13N3O3Si. The molecule has 90 valence electrons. The lowest BCUT2D eigenvalue weighted by molar-refractivity contribution is 0.100. The summed E-state index contributed by atoms with van der Waals surface area (Å²) in [6.45, 7) is 1.90. The molecular weight excluding hydrogens is 238 g/mol. The highest BCUT2D eigenvalue weighted by Gasteiger charge is 2.31. The zero-order valence-corrected chi connectivity index (χ0v) is 10.9. The number of carbonyl (C=O) groups is 1. The summed E-state index contributed by atoms with van der Waals surface area (Å²) in [5.74, 6) is -0.600. The van der Waals surface area contributed by atoms with E-state index in [1.807, 2.05) is 6.55 Å². The largest absolute Gasteiger partial charge is 0.394 e. The quantitative estimate of drug-likeness (QED) is 0.353. The Labute approximate surface area is 100 Å². The molecule has 1 rings (SSSR count). The number of amides is 1. The topological polar surface area (TPSA) is 84.3 Å². The second-order valence-corrected chi connectivity index (χ2v) is 6.71. The highest BCUT2D eigenvalue weighted by molar-refractivity contribution is 6.79. The Morgan fingerprint density at radius 1 is 1.29 bits per heavy atom. The standard InChI is InChI=1S/C10H13N3O3Si/c1-15-17(3,16-2)9-6-4-8(5-7-9)10(14)12-13-11/h4-7H,1-3H3. The molecule has 6 nitrogen and oxygen atoms in total. The molecule has 0 aliphatic rings. The van der Waals surface area contributed by atoms with E-state index in [9.17, 15) is 4.79 Å². The van der Waals surface area contributed by atoms with Crippen LogP contribution >= 0.6 is 0 Å². The molecule has 7 heteroatoms. The minimum absolute atomic E-state index is 0.343. The lowest BCUT2D eigenvalue weighted by Crippen LogP contribution is -2.49. The number of nitrogens with zero attached hydrogens (tertiary/aromatic N) is 3. The van der Waals surface area contributed by atoms with Crippen LogP contribution in [0.1, 0.15) is 10.4 Å². The molecule has 1 aromatic rings. The van der Waals surface area contributed by atoms with Crippen molar-refractivity contribution in [3.63, 3.8) is 0 Å². The van der Waals surface area contributed by atoms with Gasteiger partial charge in [-0.15, -0.1) is 0 Å². The van der Waals surface area contributed by atoms with Crippen molar-refractivity contribution in [1.29, 1.82) is 0 Å². The lowest BCUT2D eigenvalue weighted by atomic mass is 10.2. The molecule has 0 aliphatic carbocycles. The van der Waals surface area contributed by atoms with Gasteiger partial charge >= 0.3 is 8.56 Å². The van der Waals surface area contributed by atoms with Crippen molar-refractivity contribution in [1.82, 2.24) is 0 Å². The summed E-state index contributed by atoms with van der Waals surface area (Å²) >= 11 is 0. The van der Waals surface area contributed by atoms with E-state index in [0.717, 1.165) is 5.19 Å². The molecule has 0 aliphatic heterocycles. The van der Waals surface area contributed by atoms with E-state index in [4.69, 9.17) is 14.4 Å². The Bertz CT molecular complexity index is 450. The predicted octanol–water partition coefficient (Wildman–Crippen LogP) is 1.71. The van der Waals surface area contributed by atoms with Gasteiger partial charge in [-0.25, -0.2) is 0 Å². The highest BCUT2D eigenvalue weighted by Crippen LogP contribution is 2.07. The van der Waals surface area contributed by atoms with E-state index < -0.39 is 14.5 Å². The van der Waals surface area contributed by atoms with Gasteiger partial charge in [-0.3, -0.25) is 4.79 Å². The summed E-state index contributed by atoms with van der Waals surface area (Å²) < 4.78 is 10.7. The smallest absolute Gasteiger partial charge is 0.368 e. The molecule has 0 spiro atoms. The van der Waals surface area contributed by atoms with E-state index >= 15 is 0 Å². The zero-order chi connectivity index (χ0) is 12.9. The monoisotopic (exact) mass is 251 g/mol. The Kier molecular flexibility index (Phi) is 4.42. The molecule has 0 bridgehead atoms. The maximum Gasteiger partial charge on any atom is 0.368 e. The summed E-state index contributed by atoms with van der Waals surface area (Å²) in [6, 6.07) is 6.68. The van der Waals surface area contributed by atoms with Gasteiger partial charge in [0.25, 0.3) is 0 Å². The first kappa shape index (κ1) is 13.4. The van der Waals surface area contributed by atoms with Gasteiger partial charge in [0.1, 0.15) is 0 Å². The van der Waals surface area contributed by atoms with Gasteiger partial charge in [0.2, 0.25) is 5.91 Å². The van der Waals surface area contributed by atoms with E-state index in [0.29, 0.717) is 5.56 Å². The molecule has 0 saturated carbocycles. The number of azide groups is 1. The highest BCUT2D eigenvalue weighted by atomic mass is 28.4. The molecule has 0 unspecified atom stereocenters. The molecule has 0 heterocycles. The van der Waals surface area contributed by atoms with Gasteiger partial charge in [-0.05, 0) is 22.4 Å². The lowest BCUT2D eigenvalue weighted by Gasteiger charge is -2.22. The fourth-order valence-electron chi connectivity index (χ4n) is 1.33. The van der Waals surface area contributed by atoms with Crippen molar-refractivity contribution >= 4 is 19.7 Å². The van der Waals surface area contributed by atoms with Gasteiger partial charge in [0.15, 0.2) is 0 Å². The average Bonchev–Trinajstić information content (AvgIpc) is 2.38. The van der Waals surface area contributed by atoms with Crippen LogP contribution in [0.5, 0.6) is 0 Å². The summed E-state index contributed by atoms with van der Waals surface area (Å²) in [7, 11) is 0.820. The molecule has 0 aromatic heterocycles. The molecule has 17 heavy (non-hydrogen) atoms. The summed E-state index contributed by atoms with van der Waals surface area (Å²) in [6.07, 6.45) is 0. The number of benzene rings is 1. The molecule has 1 aromatic carbocycles. The van der Waals surface area contributed by atoms with Gasteiger partial charge in [-0.2, -0.15) is 0 Å². The van der Waals surface area contributed by atoms with Crippen LogP contribution in [0.3, 0.4) is 0 Å². The zero-order valence-electron chi connectivity index (χ0n) is 9.88. The fraction of sp³-hybridized carbons (Fsp3) is 0.300. The summed E-state index contributed by atoms with van der Waals surface area (Å²) in [5.41, 5.74) is 8.51. The normalized spacial score (nSPS) is 10.8.